The van der Waals surface area contributed by atoms with Crippen LogP contribution < -0.4 is 5.32 Å². The number of likely N-dealkylation sites (N-methyl/N-ethyl adjacent to an activating group) is 1. The number of ether oxygens (including phenoxy) is 1. The van der Waals surface area contributed by atoms with Gasteiger partial charge in [-0.25, -0.2) is 9.97 Å². The number of morpholine rings is 1. The van der Waals surface area contributed by atoms with Crippen molar-refractivity contribution in [2.75, 3.05) is 38.1 Å². The van der Waals surface area contributed by atoms with E-state index >= 15 is 0 Å². The first-order valence-corrected chi connectivity index (χ1v) is 7.51. The van der Waals surface area contributed by atoms with Gasteiger partial charge in [0.05, 0.1) is 18.1 Å². The van der Waals surface area contributed by atoms with Crippen molar-refractivity contribution in [1.29, 1.82) is 0 Å². The van der Waals surface area contributed by atoms with Gasteiger partial charge in [0.15, 0.2) is 0 Å². The Morgan fingerprint density at radius 3 is 3.37 bits per heavy atom. The van der Waals surface area contributed by atoms with Crippen molar-refractivity contribution < 1.29 is 4.74 Å². The third-order valence-electron chi connectivity index (χ3n) is 3.43. The zero-order valence-corrected chi connectivity index (χ0v) is 11.8. The molecule has 0 radical (unpaired) electrons. The molecule has 2 aromatic rings. The molecule has 1 aliphatic heterocycles. The highest BCUT2D eigenvalue weighted by Crippen LogP contribution is 2.23. The van der Waals surface area contributed by atoms with Gasteiger partial charge >= 0.3 is 0 Å². The van der Waals surface area contributed by atoms with Crippen molar-refractivity contribution in [3.63, 3.8) is 0 Å². The predicted octanol–water partition coefficient (Wildman–Crippen LogP) is 1.82. The van der Waals surface area contributed by atoms with Gasteiger partial charge in [-0.1, -0.05) is 6.92 Å². The van der Waals surface area contributed by atoms with E-state index < -0.39 is 0 Å². The fourth-order valence-corrected chi connectivity index (χ4v) is 3.07. The van der Waals surface area contributed by atoms with Crippen molar-refractivity contribution in [3.8, 4) is 0 Å². The number of anilines is 1. The molecule has 1 atom stereocenters. The first kappa shape index (κ1) is 12.8. The lowest BCUT2D eigenvalue weighted by Crippen LogP contribution is -2.45. The molecule has 0 saturated carbocycles. The van der Waals surface area contributed by atoms with Crippen LogP contribution in [0.4, 0.5) is 5.82 Å². The summed E-state index contributed by atoms with van der Waals surface area (Å²) >= 11 is 1.64. The highest BCUT2D eigenvalue weighted by molar-refractivity contribution is 7.16. The van der Waals surface area contributed by atoms with E-state index in [0.717, 1.165) is 48.8 Å². The maximum absolute atomic E-state index is 5.78. The number of nitrogens with zero attached hydrogens (tertiary/aromatic N) is 3. The second-order valence-electron chi connectivity index (χ2n) is 4.63. The Kier molecular flexibility index (Phi) is 3.91. The van der Waals surface area contributed by atoms with Gasteiger partial charge in [-0.3, -0.25) is 4.90 Å². The molecule has 0 aromatic carbocycles. The molecule has 102 valence electrons. The first-order chi connectivity index (χ1) is 9.36. The van der Waals surface area contributed by atoms with E-state index in [-0.39, 0.29) is 6.10 Å². The lowest BCUT2D eigenvalue weighted by molar-refractivity contribution is -0.0192. The Labute approximate surface area is 116 Å². The molecule has 1 fully saturated rings. The van der Waals surface area contributed by atoms with Crippen LogP contribution in [-0.2, 0) is 4.74 Å². The standard InChI is InChI=1S/C13H18N4OS/c1-2-17-4-5-18-10(8-17)7-14-12-11-3-6-19-13(11)16-9-15-12/h3,6,9-10H,2,4-5,7-8H2,1H3,(H,14,15,16). The summed E-state index contributed by atoms with van der Waals surface area (Å²) in [5.74, 6) is 0.906. The summed E-state index contributed by atoms with van der Waals surface area (Å²) in [5, 5.41) is 6.53. The fourth-order valence-electron chi connectivity index (χ4n) is 2.33. The highest BCUT2D eigenvalue weighted by Gasteiger charge is 2.19. The maximum Gasteiger partial charge on any atom is 0.138 e. The van der Waals surface area contributed by atoms with Crippen LogP contribution >= 0.6 is 11.3 Å². The molecule has 6 heteroatoms. The quantitative estimate of drug-likeness (QED) is 0.924. The van der Waals surface area contributed by atoms with Crippen LogP contribution in [0.3, 0.4) is 0 Å². The molecule has 19 heavy (non-hydrogen) atoms. The second kappa shape index (κ2) is 5.81. The number of thiophene rings is 1. The van der Waals surface area contributed by atoms with E-state index in [0.29, 0.717) is 0 Å². The molecule has 1 aliphatic rings. The topological polar surface area (TPSA) is 50.3 Å². The average molecular weight is 278 g/mol. The molecule has 3 rings (SSSR count). The second-order valence-corrected chi connectivity index (χ2v) is 5.52. The number of rotatable bonds is 4. The minimum Gasteiger partial charge on any atom is -0.374 e. The van der Waals surface area contributed by atoms with Crippen molar-refractivity contribution in [3.05, 3.63) is 17.8 Å². The van der Waals surface area contributed by atoms with Gasteiger partial charge in [0, 0.05) is 19.6 Å². The SMILES string of the molecule is CCN1CCOC(CNc2ncnc3sccc23)C1. The minimum atomic E-state index is 0.234. The van der Waals surface area contributed by atoms with Gasteiger partial charge in [0.25, 0.3) is 0 Å². The average Bonchev–Trinajstić information content (AvgIpc) is 2.94. The third kappa shape index (κ3) is 2.86. The van der Waals surface area contributed by atoms with E-state index in [9.17, 15) is 0 Å². The summed E-state index contributed by atoms with van der Waals surface area (Å²) in [6, 6.07) is 2.06. The smallest absolute Gasteiger partial charge is 0.138 e. The molecule has 3 heterocycles. The van der Waals surface area contributed by atoms with Crippen LogP contribution in [0.2, 0.25) is 0 Å². The van der Waals surface area contributed by atoms with Gasteiger partial charge in [-0.05, 0) is 18.0 Å². The summed E-state index contributed by atoms with van der Waals surface area (Å²) in [6.07, 6.45) is 1.85. The summed E-state index contributed by atoms with van der Waals surface area (Å²) < 4.78 is 5.78. The normalized spacial score (nSPS) is 20.8. The molecule has 0 aliphatic carbocycles. The summed E-state index contributed by atoms with van der Waals surface area (Å²) in [7, 11) is 0. The van der Waals surface area contributed by atoms with E-state index in [4.69, 9.17) is 4.74 Å². The number of hydrogen-bond acceptors (Lipinski definition) is 6. The molecule has 1 N–H and O–H groups in total. The zero-order chi connectivity index (χ0) is 13.1. The highest BCUT2D eigenvalue weighted by atomic mass is 32.1. The van der Waals surface area contributed by atoms with E-state index in [1.54, 1.807) is 17.7 Å². The van der Waals surface area contributed by atoms with Gasteiger partial charge in [-0.2, -0.15) is 0 Å². The van der Waals surface area contributed by atoms with Gasteiger partial charge in [-0.15, -0.1) is 11.3 Å². The van der Waals surface area contributed by atoms with E-state index in [2.05, 4.69) is 33.2 Å². The molecule has 5 nitrogen and oxygen atoms in total. The Morgan fingerprint density at radius 2 is 2.47 bits per heavy atom. The molecule has 0 amide bonds. The summed E-state index contributed by atoms with van der Waals surface area (Å²) in [6.45, 7) is 6.91. The van der Waals surface area contributed by atoms with Crippen molar-refractivity contribution in [1.82, 2.24) is 14.9 Å². The Morgan fingerprint density at radius 1 is 1.53 bits per heavy atom. The lowest BCUT2D eigenvalue weighted by atomic mass is 10.2. The minimum absolute atomic E-state index is 0.234. The number of aromatic nitrogens is 2. The van der Waals surface area contributed by atoms with Crippen LogP contribution in [0, 0.1) is 0 Å². The predicted molar refractivity (Wildman–Crippen MR) is 77.8 cm³/mol. The van der Waals surface area contributed by atoms with Crippen LogP contribution in [0.5, 0.6) is 0 Å². The van der Waals surface area contributed by atoms with Gasteiger partial charge in [0.2, 0.25) is 0 Å². The van der Waals surface area contributed by atoms with Crippen molar-refractivity contribution in [2.45, 2.75) is 13.0 Å². The summed E-state index contributed by atoms with van der Waals surface area (Å²) in [5.41, 5.74) is 0. The number of nitrogens with one attached hydrogen (secondary N) is 1. The van der Waals surface area contributed by atoms with Gasteiger partial charge < -0.3 is 10.1 Å². The van der Waals surface area contributed by atoms with E-state index in [1.807, 2.05) is 5.38 Å². The van der Waals surface area contributed by atoms with Crippen LogP contribution in [0.1, 0.15) is 6.92 Å². The van der Waals surface area contributed by atoms with E-state index in [1.165, 1.54) is 0 Å². The largest absolute Gasteiger partial charge is 0.374 e. The molecule has 1 saturated heterocycles. The summed E-state index contributed by atoms with van der Waals surface area (Å²) in [4.78, 5) is 12.0. The number of hydrogen-bond donors (Lipinski definition) is 1. The van der Waals surface area contributed by atoms with Crippen LogP contribution in [-0.4, -0.2) is 53.8 Å². The lowest BCUT2D eigenvalue weighted by Gasteiger charge is -2.32. The molecule has 2 aromatic heterocycles. The Bertz CT molecular complexity index is 544. The van der Waals surface area contributed by atoms with Crippen molar-refractivity contribution in [2.24, 2.45) is 0 Å². The maximum atomic E-state index is 5.78. The number of fused-ring (bicyclic) bond motifs is 1. The first-order valence-electron chi connectivity index (χ1n) is 6.63. The van der Waals surface area contributed by atoms with Crippen LogP contribution in [0.15, 0.2) is 17.8 Å². The Balaban J connectivity index is 1.64. The molecule has 0 spiro atoms. The van der Waals surface area contributed by atoms with Crippen molar-refractivity contribution >= 4 is 27.4 Å². The fraction of sp³-hybridized carbons (Fsp3) is 0.538. The molecular formula is C13H18N4OS. The third-order valence-corrected chi connectivity index (χ3v) is 4.25. The molecule has 1 unspecified atom stereocenters. The Hall–Kier alpha value is -1.24. The zero-order valence-electron chi connectivity index (χ0n) is 11.0. The monoisotopic (exact) mass is 278 g/mol. The molecule has 0 bridgehead atoms. The van der Waals surface area contributed by atoms with Gasteiger partial charge in [0.1, 0.15) is 17.0 Å². The molecular weight excluding hydrogens is 260 g/mol. The van der Waals surface area contributed by atoms with Crippen LogP contribution in [0.25, 0.3) is 10.2 Å².